The summed E-state index contributed by atoms with van der Waals surface area (Å²) in [5, 5.41) is 2.41. The van der Waals surface area contributed by atoms with Crippen molar-refractivity contribution in [2.75, 3.05) is 13.7 Å². The first-order valence-electron chi connectivity index (χ1n) is 8.17. The van der Waals surface area contributed by atoms with Crippen molar-refractivity contribution < 1.29 is 31.8 Å². The highest BCUT2D eigenvalue weighted by molar-refractivity contribution is 5.94. The van der Waals surface area contributed by atoms with Gasteiger partial charge in [0.2, 0.25) is 5.88 Å². The van der Waals surface area contributed by atoms with Gasteiger partial charge in [0.1, 0.15) is 23.4 Å². The number of rotatable bonds is 5. The molecule has 0 saturated heterocycles. The minimum Gasteiger partial charge on any atom is -0.472 e. The second-order valence-electron chi connectivity index (χ2n) is 5.91. The highest BCUT2D eigenvalue weighted by Gasteiger charge is 2.27. The van der Waals surface area contributed by atoms with E-state index in [4.69, 9.17) is 4.74 Å². The summed E-state index contributed by atoms with van der Waals surface area (Å²) in [6.45, 7) is -3.27. The Labute approximate surface area is 152 Å². The van der Waals surface area contributed by atoms with Crippen molar-refractivity contribution in [2.24, 2.45) is 0 Å². The summed E-state index contributed by atoms with van der Waals surface area (Å²) < 4.78 is 61.9. The van der Waals surface area contributed by atoms with Gasteiger partial charge in [-0.15, -0.1) is 0 Å². The Balaban J connectivity index is 2.04. The zero-order valence-electron chi connectivity index (χ0n) is 14.3. The van der Waals surface area contributed by atoms with Crippen LogP contribution in [0.3, 0.4) is 0 Å². The van der Waals surface area contributed by atoms with Crippen LogP contribution in [0.1, 0.15) is 22.5 Å². The van der Waals surface area contributed by atoms with Crippen LogP contribution >= 0.6 is 0 Å². The number of alkyl halides is 2. The van der Waals surface area contributed by atoms with Crippen LogP contribution in [-0.2, 0) is 11.2 Å². The number of hydrogen-bond acceptors (Lipinski definition) is 4. The Morgan fingerprint density at radius 3 is 2.78 bits per heavy atom. The van der Waals surface area contributed by atoms with Crippen molar-refractivity contribution in [1.29, 1.82) is 0 Å². The van der Waals surface area contributed by atoms with Gasteiger partial charge >= 0.3 is 6.61 Å². The molecule has 0 unspecified atom stereocenters. The van der Waals surface area contributed by atoms with Crippen LogP contribution in [0.25, 0.3) is 11.1 Å². The zero-order chi connectivity index (χ0) is 19.6. The lowest BCUT2D eigenvalue weighted by Gasteiger charge is -2.27. The zero-order valence-corrected chi connectivity index (χ0v) is 14.3. The quantitative estimate of drug-likeness (QED) is 0.804. The highest BCUT2D eigenvalue weighted by atomic mass is 19.3. The third-order valence-corrected chi connectivity index (χ3v) is 4.17. The molecule has 0 spiro atoms. The van der Waals surface area contributed by atoms with Crippen LogP contribution in [0.5, 0.6) is 5.88 Å². The Bertz CT molecular complexity index is 861. The molecule has 1 aliphatic rings. The summed E-state index contributed by atoms with van der Waals surface area (Å²) >= 11 is 0. The number of aromatic nitrogens is 1. The molecular weight excluding hydrogens is 368 g/mol. The van der Waals surface area contributed by atoms with E-state index in [-0.39, 0.29) is 23.7 Å². The Morgan fingerprint density at radius 1 is 1.33 bits per heavy atom. The molecule has 1 amide bonds. The molecule has 144 valence electrons. The third-order valence-electron chi connectivity index (χ3n) is 4.17. The number of nitrogens with one attached hydrogen (secondary N) is 1. The smallest absolute Gasteiger partial charge is 0.345 e. The van der Waals surface area contributed by atoms with Crippen LogP contribution in [-0.4, -0.2) is 37.3 Å². The lowest BCUT2D eigenvalue weighted by Crippen LogP contribution is -2.30. The van der Waals surface area contributed by atoms with Gasteiger partial charge in [-0.05, 0) is 36.6 Å². The van der Waals surface area contributed by atoms with Crippen molar-refractivity contribution in [1.82, 2.24) is 10.3 Å². The van der Waals surface area contributed by atoms with E-state index in [0.29, 0.717) is 24.0 Å². The van der Waals surface area contributed by atoms with Crippen LogP contribution in [0, 0.1) is 11.6 Å². The number of ether oxygens (including phenoxy) is 2. The van der Waals surface area contributed by atoms with E-state index in [9.17, 15) is 22.4 Å². The molecular formula is C18H16F4N2O3. The van der Waals surface area contributed by atoms with Gasteiger partial charge in [-0.2, -0.15) is 8.78 Å². The maximum atomic E-state index is 14.3. The normalized spacial score (nSPS) is 16.0. The van der Waals surface area contributed by atoms with Gasteiger partial charge < -0.3 is 14.8 Å². The van der Waals surface area contributed by atoms with E-state index < -0.39 is 30.3 Å². The number of hydrogen-bond donors (Lipinski definition) is 1. The number of pyridine rings is 1. The molecule has 0 bridgehead atoms. The van der Waals surface area contributed by atoms with Crippen molar-refractivity contribution >= 4 is 5.91 Å². The fourth-order valence-electron chi connectivity index (χ4n) is 2.90. The standard InChI is InChI=1S/C18H16F4N2O3/c1-23-16(25)15-7-13(11-4-2-9(19)6-14(11)20)12-5-3-10(8-26-18(21)22)27-17(12)24-15/h2,4,6-7,10,18H,3,5,8H2,1H3,(H,23,25)/t10-/m1/s1. The van der Waals surface area contributed by atoms with E-state index in [1.807, 2.05) is 0 Å². The average molecular weight is 384 g/mol. The van der Waals surface area contributed by atoms with E-state index in [1.165, 1.54) is 19.2 Å². The second kappa shape index (κ2) is 7.91. The fraction of sp³-hybridized carbons (Fsp3) is 0.333. The molecule has 1 aromatic heterocycles. The van der Waals surface area contributed by atoms with Crippen LogP contribution in [0.4, 0.5) is 17.6 Å². The number of nitrogens with zero attached hydrogens (tertiary/aromatic N) is 1. The fourth-order valence-corrected chi connectivity index (χ4v) is 2.90. The number of benzene rings is 1. The number of fused-ring (bicyclic) bond motifs is 1. The minimum absolute atomic E-state index is 0.0367. The van der Waals surface area contributed by atoms with Gasteiger partial charge in [0.15, 0.2) is 0 Å². The summed E-state index contributed by atoms with van der Waals surface area (Å²) in [4.78, 5) is 16.1. The molecule has 1 aliphatic heterocycles. The van der Waals surface area contributed by atoms with Crippen LogP contribution in [0.15, 0.2) is 24.3 Å². The predicted octanol–water partition coefficient (Wildman–Crippen LogP) is 3.32. The monoisotopic (exact) mass is 384 g/mol. The van der Waals surface area contributed by atoms with E-state index in [0.717, 1.165) is 12.1 Å². The Hall–Kier alpha value is -2.68. The summed E-state index contributed by atoms with van der Waals surface area (Å²) in [6, 6.07) is 4.51. The van der Waals surface area contributed by atoms with Gasteiger partial charge in [0.05, 0.1) is 6.61 Å². The van der Waals surface area contributed by atoms with Gasteiger partial charge in [-0.1, -0.05) is 0 Å². The predicted molar refractivity (Wildman–Crippen MR) is 87.7 cm³/mol. The van der Waals surface area contributed by atoms with Gasteiger partial charge in [0.25, 0.3) is 5.91 Å². The van der Waals surface area contributed by atoms with Crippen molar-refractivity contribution in [3.63, 3.8) is 0 Å². The molecule has 0 radical (unpaired) electrons. The molecule has 2 heterocycles. The van der Waals surface area contributed by atoms with E-state index >= 15 is 0 Å². The Morgan fingerprint density at radius 2 is 2.11 bits per heavy atom. The molecule has 27 heavy (non-hydrogen) atoms. The molecule has 1 N–H and O–H groups in total. The van der Waals surface area contributed by atoms with Crippen molar-refractivity contribution in [2.45, 2.75) is 25.6 Å². The molecule has 3 rings (SSSR count). The molecule has 5 nitrogen and oxygen atoms in total. The molecule has 0 aliphatic carbocycles. The van der Waals surface area contributed by atoms with E-state index in [2.05, 4.69) is 15.0 Å². The lowest BCUT2D eigenvalue weighted by molar-refractivity contribution is -0.146. The lowest BCUT2D eigenvalue weighted by atomic mass is 9.94. The first-order chi connectivity index (χ1) is 12.9. The van der Waals surface area contributed by atoms with Crippen LogP contribution < -0.4 is 10.1 Å². The first kappa shape index (κ1) is 19.1. The highest BCUT2D eigenvalue weighted by Crippen LogP contribution is 2.36. The second-order valence-corrected chi connectivity index (χ2v) is 5.91. The molecule has 9 heteroatoms. The molecule has 0 fully saturated rings. The average Bonchev–Trinajstić information content (AvgIpc) is 2.64. The van der Waals surface area contributed by atoms with Gasteiger partial charge in [-0.25, -0.2) is 13.8 Å². The maximum absolute atomic E-state index is 14.3. The molecule has 1 atom stereocenters. The third kappa shape index (κ3) is 4.19. The van der Waals surface area contributed by atoms with Crippen molar-refractivity contribution in [3.8, 4) is 17.0 Å². The minimum atomic E-state index is -2.93. The largest absolute Gasteiger partial charge is 0.472 e. The molecule has 2 aromatic rings. The topological polar surface area (TPSA) is 60.5 Å². The number of carbonyl (C=O) groups is 1. The van der Waals surface area contributed by atoms with Gasteiger partial charge in [-0.3, -0.25) is 4.79 Å². The first-order valence-corrected chi connectivity index (χ1v) is 8.17. The summed E-state index contributed by atoms with van der Waals surface area (Å²) in [5.74, 6) is -2.01. The summed E-state index contributed by atoms with van der Waals surface area (Å²) in [7, 11) is 1.40. The van der Waals surface area contributed by atoms with E-state index in [1.54, 1.807) is 0 Å². The SMILES string of the molecule is CNC(=O)c1cc(-c2ccc(F)cc2F)c2c(n1)O[C@@H](COC(F)F)CC2. The number of amides is 1. The summed E-state index contributed by atoms with van der Waals surface area (Å²) in [6.07, 6.45) is 0.0147. The molecule has 1 aromatic carbocycles. The van der Waals surface area contributed by atoms with Crippen LogP contribution in [0.2, 0.25) is 0 Å². The van der Waals surface area contributed by atoms with Crippen molar-refractivity contribution in [3.05, 3.63) is 47.2 Å². The van der Waals surface area contributed by atoms with Gasteiger partial charge in [0, 0.05) is 24.2 Å². The number of carbonyl (C=O) groups excluding carboxylic acids is 1. The summed E-state index contributed by atoms with van der Waals surface area (Å²) in [5.41, 5.74) is 0.905. The number of halogens is 4. The molecule has 0 saturated carbocycles. The maximum Gasteiger partial charge on any atom is 0.345 e. The Kier molecular flexibility index (Phi) is 5.59.